The zero-order chi connectivity index (χ0) is 19.4. The van der Waals surface area contributed by atoms with Crippen LogP contribution in [0.2, 0.25) is 5.02 Å². The number of amides is 2. The molecule has 3 rings (SSSR count). The molecule has 0 bridgehead atoms. The van der Waals surface area contributed by atoms with E-state index >= 15 is 0 Å². The van der Waals surface area contributed by atoms with Gasteiger partial charge in [-0.15, -0.1) is 11.3 Å². The van der Waals surface area contributed by atoms with Crippen LogP contribution in [0.3, 0.4) is 0 Å². The maximum absolute atomic E-state index is 12.6. The molecule has 2 amide bonds. The number of ether oxygens (including phenoxy) is 1. The third-order valence-corrected chi connectivity index (χ3v) is 4.74. The topological polar surface area (TPSA) is 80.3 Å². The zero-order valence-electron chi connectivity index (χ0n) is 14.6. The summed E-state index contributed by atoms with van der Waals surface area (Å²) in [5.74, 6) is -0.0973. The number of aromatic nitrogens is 1. The summed E-state index contributed by atoms with van der Waals surface area (Å²) in [7, 11) is 1.50. The molecule has 0 spiro atoms. The summed E-state index contributed by atoms with van der Waals surface area (Å²) in [6.07, 6.45) is 0. The first-order valence-corrected chi connectivity index (χ1v) is 9.20. The summed E-state index contributed by atoms with van der Waals surface area (Å²) in [4.78, 5) is 28.2. The Morgan fingerprint density at radius 2 is 1.85 bits per heavy atom. The van der Waals surface area contributed by atoms with E-state index in [-0.39, 0.29) is 17.5 Å². The lowest BCUT2D eigenvalue weighted by atomic mass is 10.2. The number of anilines is 2. The van der Waals surface area contributed by atoms with E-state index in [0.29, 0.717) is 22.1 Å². The highest BCUT2D eigenvalue weighted by atomic mass is 35.5. The van der Waals surface area contributed by atoms with Gasteiger partial charge in [0.25, 0.3) is 5.91 Å². The predicted octanol–water partition coefficient (Wildman–Crippen LogP) is 4.68. The first-order chi connectivity index (χ1) is 13.0. The van der Waals surface area contributed by atoms with Crippen molar-refractivity contribution in [3.05, 3.63) is 58.6 Å². The minimum absolute atomic E-state index is 0.204. The minimum atomic E-state index is -0.371. The van der Waals surface area contributed by atoms with E-state index in [1.807, 2.05) is 12.1 Å². The standard InChI is InChI=1S/C19H16ClN3O3S/c1-11(24)21-14-7-8-17(26-2)15(9-14)22-18(25)16-10-27-19(23-16)12-3-5-13(20)6-4-12/h3-10H,1-2H3,(H,21,24)(H,22,25). The lowest BCUT2D eigenvalue weighted by Crippen LogP contribution is -2.14. The molecule has 0 saturated carbocycles. The molecule has 0 unspecified atom stereocenters. The maximum Gasteiger partial charge on any atom is 0.275 e. The van der Waals surface area contributed by atoms with Gasteiger partial charge in [0.1, 0.15) is 16.5 Å². The average molecular weight is 402 g/mol. The van der Waals surface area contributed by atoms with Gasteiger partial charge in [-0.25, -0.2) is 4.98 Å². The fourth-order valence-electron chi connectivity index (χ4n) is 2.38. The highest BCUT2D eigenvalue weighted by Crippen LogP contribution is 2.29. The smallest absolute Gasteiger partial charge is 0.275 e. The van der Waals surface area contributed by atoms with Crippen molar-refractivity contribution in [2.45, 2.75) is 6.92 Å². The number of methoxy groups -OCH3 is 1. The maximum atomic E-state index is 12.6. The molecule has 0 aliphatic rings. The fraction of sp³-hybridized carbons (Fsp3) is 0.105. The Labute approximate surface area is 165 Å². The van der Waals surface area contributed by atoms with Crippen LogP contribution in [0.15, 0.2) is 47.8 Å². The normalized spacial score (nSPS) is 10.3. The Morgan fingerprint density at radius 3 is 2.52 bits per heavy atom. The lowest BCUT2D eigenvalue weighted by molar-refractivity contribution is -0.114. The van der Waals surface area contributed by atoms with Crippen molar-refractivity contribution in [1.82, 2.24) is 4.98 Å². The average Bonchev–Trinajstić information content (AvgIpc) is 3.12. The van der Waals surface area contributed by atoms with Crippen LogP contribution in [0.1, 0.15) is 17.4 Å². The predicted molar refractivity (Wildman–Crippen MR) is 108 cm³/mol. The van der Waals surface area contributed by atoms with Crippen LogP contribution < -0.4 is 15.4 Å². The van der Waals surface area contributed by atoms with Crippen molar-refractivity contribution in [2.24, 2.45) is 0 Å². The molecular weight excluding hydrogens is 386 g/mol. The molecule has 0 radical (unpaired) electrons. The second-order valence-electron chi connectivity index (χ2n) is 5.60. The first kappa shape index (κ1) is 18.9. The molecule has 8 heteroatoms. The molecule has 6 nitrogen and oxygen atoms in total. The fourth-order valence-corrected chi connectivity index (χ4v) is 3.31. The number of hydrogen-bond acceptors (Lipinski definition) is 5. The Kier molecular flexibility index (Phi) is 5.73. The number of halogens is 1. The Hall–Kier alpha value is -2.90. The Balaban J connectivity index is 1.81. The summed E-state index contributed by atoms with van der Waals surface area (Å²) in [5, 5.41) is 8.48. The second-order valence-corrected chi connectivity index (χ2v) is 6.89. The molecule has 3 aromatic rings. The zero-order valence-corrected chi connectivity index (χ0v) is 16.1. The van der Waals surface area contributed by atoms with Crippen LogP contribution in [0.25, 0.3) is 10.6 Å². The summed E-state index contributed by atoms with van der Waals surface area (Å²) < 4.78 is 5.27. The van der Waals surface area contributed by atoms with E-state index in [1.54, 1.807) is 35.7 Å². The summed E-state index contributed by atoms with van der Waals surface area (Å²) in [6, 6.07) is 12.2. The van der Waals surface area contributed by atoms with Gasteiger partial charge in [0, 0.05) is 28.6 Å². The van der Waals surface area contributed by atoms with Crippen molar-refractivity contribution >= 4 is 46.1 Å². The molecule has 0 fully saturated rings. The van der Waals surface area contributed by atoms with Crippen LogP contribution in [0.4, 0.5) is 11.4 Å². The summed E-state index contributed by atoms with van der Waals surface area (Å²) >= 11 is 7.26. The van der Waals surface area contributed by atoms with Crippen LogP contribution in [-0.4, -0.2) is 23.9 Å². The van der Waals surface area contributed by atoms with E-state index in [4.69, 9.17) is 16.3 Å². The molecule has 2 aromatic carbocycles. The van der Waals surface area contributed by atoms with Gasteiger partial charge in [0.15, 0.2) is 0 Å². The number of benzene rings is 2. The van der Waals surface area contributed by atoms with Crippen LogP contribution >= 0.6 is 22.9 Å². The van der Waals surface area contributed by atoms with Gasteiger partial charge in [-0.1, -0.05) is 23.7 Å². The van der Waals surface area contributed by atoms with Crippen molar-refractivity contribution in [2.75, 3.05) is 17.7 Å². The van der Waals surface area contributed by atoms with Gasteiger partial charge >= 0.3 is 0 Å². The molecule has 0 aliphatic carbocycles. The van der Waals surface area contributed by atoms with Gasteiger partial charge in [-0.05, 0) is 30.3 Å². The SMILES string of the molecule is COc1ccc(NC(C)=O)cc1NC(=O)c1csc(-c2ccc(Cl)cc2)n1. The van der Waals surface area contributed by atoms with E-state index in [9.17, 15) is 9.59 Å². The Bertz CT molecular complexity index is 986. The number of carbonyl (C=O) groups is 2. The quantitative estimate of drug-likeness (QED) is 0.650. The number of hydrogen-bond donors (Lipinski definition) is 2. The molecule has 1 aromatic heterocycles. The van der Waals surface area contributed by atoms with Crippen molar-refractivity contribution in [3.8, 4) is 16.3 Å². The van der Waals surface area contributed by atoms with Crippen LogP contribution in [0.5, 0.6) is 5.75 Å². The first-order valence-electron chi connectivity index (χ1n) is 7.94. The molecule has 0 aliphatic heterocycles. The minimum Gasteiger partial charge on any atom is -0.495 e. The van der Waals surface area contributed by atoms with E-state index in [0.717, 1.165) is 10.6 Å². The van der Waals surface area contributed by atoms with E-state index < -0.39 is 0 Å². The largest absolute Gasteiger partial charge is 0.495 e. The van der Waals surface area contributed by atoms with Crippen molar-refractivity contribution in [3.63, 3.8) is 0 Å². The Morgan fingerprint density at radius 1 is 1.11 bits per heavy atom. The number of thiazole rings is 1. The van der Waals surface area contributed by atoms with Gasteiger partial charge in [0.2, 0.25) is 5.91 Å². The molecule has 1 heterocycles. The highest BCUT2D eigenvalue weighted by molar-refractivity contribution is 7.13. The molecule has 2 N–H and O–H groups in total. The molecular formula is C19H16ClN3O3S. The van der Waals surface area contributed by atoms with Crippen molar-refractivity contribution in [1.29, 1.82) is 0 Å². The highest BCUT2D eigenvalue weighted by Gasteiger charge is 2.15. The summed E-state index contributed by atoms with van der Waals surface area (Å²) in [5.41, 5.74) is 2.17. The molecule has 138 valence electrons. The third-order valence-electron chi connectivity index (χ3n) is 3.60. The third kappa shape index (κ3) is 4.64. The van der Waals surface area contributed by atoms with Crippen molar-refractivity contribution < 1.29 is 14.3 Å². The number of nitrogens with one attached hydrogen (secondary N) is 2. The van der Waals surface area contributed by atoms with Gasteiger partial charge in [0.05, 0.1) is 12.8 Å². The second kappa shape index (κ2) is 8.20. The summed E-state index contributed by atoms with van der Waals surface area (Å²) in [6.45, 7) is 1.41. The number of nitrogens with zero attached hydrogens (tertiary/aromatic N) is 1. The molecule has 0 atom stereocenters. The van der Waals surface area contributed by atoms with Gasteiger partial charge < -0.3 is 15.4 Å². The number of carbonyl (C=O) groups excluding carboxylic acids is 2. The van der Waals surface area contributed by atoms with Gasteiger partial charge in [-0.2, -0.15) is 0 Å². The van der Waals surface area contributed by atoms with Crippen LogP contribution in [-0.2, 0) is 4.79 Å². The lowest BCUT2D eigenvalue weighted by Gasteiger charge is -2.11. The monoisotopic (exact) mass is 401 g/mol. The molecule has 0 saturated heterocycles. The number of rotatable bonds is 5. The van der Waals surface area contributed by atoms with E-state index in [1.165, 1.54) is 25.4 Å². The molecule has 27 heavy (non-hydrogen) atoms. The van der Waals surface area contributed by atoms with E-state index in [2.05, 4.69) is 15.6 Å². The van der Waals surface area contributed by atoms with Gasteiger partial charge in [-0.3, -0.25) is 9.59 Å². The van der Waals surface area contributed by atoms with Crippen LogP contribution in [0, 0.1) is 0 Å².